The maximum atomic E-state index is 5.86. The van der Waals surface area contributed by atoms with Gasteiger partial charge in [-0.2, -0.15) is 0 Å². The second kappa shape index (κ2) is 4.71. The summed E-state index contributed by atoms with van der Waals surface area (Å²) in [5, 5.41) is 4.50. The summed E-state index contributed by atoms with van der Waals surface area (Å²) in [5.41, 5.74) is 0.974. The second-order valence-electron chi connectivity index (χ2n) is 4.66. The lowest BCUT2D eigenvalue weighted by Crippen LogP contribution is -2.17. The first-order valence-electron chi connectivity index (χ1n) is 5.86. The predicted molar refractivity (Wildman–Crippen MR) is 67.5 cm³/mol. The Balaban J connectivity index is 2.30. The zero-order valence-corrected chi connectivity index (χ0v) is 10.2. The maximum absolute atomic E-state index is 5.86. The molecule has 2 nitrogen and oxygen atoms in total. The average Bonchev–Trinajstić information content (AvgIpc) is 2.68. The lowest BCUT2D eigenvalue weighted by Gasteiger charge is -2.15. The van der Waals surface area contributed by atoms with Gasteiger partial charge in [0, 0.05) is 5.39 Å². The number of fused-ring (bicyclic) bond motifs is 1. The summed E-state index contributed by atoms with van der Waals surface area (Å²) in [7, 11) is 1.99. The van der Waals surface area contributed by atoms with E-state index < -0.39 is 0 Å². The van der Waals surface area contributed by atoms with Gasteiger partial charge in [-0.15, -0.1) is 0 Å². The highest BCUT2D eigenvalue weighted by Gasteiger charge is 2.15. The fourth-order valence-corrected chi connectivity index (χ4v) is 2.02. The Bertz CT molecular complexity index is 425. The van der Waals surface area contributed by atoms with Crippen LogP contribution in [0.5, 0.6) is 0 Å². The van der Waals surface area contributed by atoms with Gasteiger partial charge in [-0.05, 0) is 31.5 Å². The van der Waals surface area contributed by atoms with E-state index in [4.69, 9.17) is 4.42 Å². The molecule has 1 aromatic carbocycles. The Morgan fingerprint density at radius 3 is 2.62 bits per heavy atom. The van der Waals surface area contributed by atoms with Crippen LogP contribution in [0.2, 0.25) is 0 Å². The Morgan fingerprint density at radius 2 is 2.00 bits per heavy atom. The summed E-state index contributed by atoms with van der Waals surface area (Å²) < 4.78 is 5.86. The first-order valence-corrected chi connectivity index (χ1v) is 5.86. The van der Waals surface area contributed by atoms with E-state index in [9.17, 15) is 0 Å². The molecule has 86 valence electrons. The van der Waals surface area contributed by atoms with Gasteiger partial charge in [0.1, 0.15) is 11.3 Å². The Labute approximate surface area is 96.6 Å². The molecule has 2 aromatic rings. The second-order valence-corrected chi connectivity index (χ2v) is 4.66. The van der Waals surface area contributed by atoms with Crippen LogP contribution >= 0.6 is 0 Å². The molecule has 0 aliphatic rings. The Kier molecular flexibility index (Phi) is 3.30. The highest BCUT2D eigenvalue weighted by molar-refractivity contribution is 5.77. The molecule has 1 unspecified atom stereocenters. The molecule has 0 saturated carbocycles. The molecule has 0 radical (unpaired) electrons. The van der Waals surface area contributed by atoms with Gasteiger partial charge < -0.3 is 9.73 Å². The largest absolute Gasteiger partial charge is 0.459 e. The van der Waals surface area contributed by atoms with Crippen molar-refractivity contribution in [2.24, 2.45) is 5.92 Å². The standard InChI is InChI=1S/C14H19NO/c1-10(2)8-12(15-3)14-9-11-6-4-5-7-13(11)16-14/h4-7,9-10,12,15H,8H2,1-3H3. The molecule has 0 amide bonds. The van der Waals surface area contributed by atoms with E-state index in [0.717, 1.165) is 17.8 Å². The lowest BCUT2D eigenvalue weighted by molar-refractivity contribution is 0.390. The van der Waals surface area contributed by atoms with Gasteiger partial charge in [-0.1, -0.05) is 32.0 Å². The molecular formula is C14H19NO. The number of para-hydroxylation sites is 1. The fraction of sp³-hybridized carbons (Fsp3) is 0.429. The van der Waals surface area contributed by atoms with Crippen molar-refractivity contribution in [3.8, 4) is 0 Å². The minimum Gasteiger partial charge on any atom is -0.459 e. The molecule has 1 aromatic heterocycles. The highest BCUT2D eigenvalue weighted by Crippen LogP contribution is 2.27. The molecule has 0 aliphatic carbocycles. The Hall–Kier alpha value is -1.28. The van der Waals surface area contributed by atoms with E-state index in [1.807, 2.05) is 25.2 Å². The molecule has 0 spiro atoms. The van der Waals surface area contributed by atoms with Crippen LogP contribution in [-0.2, 0) is 0 Å². The molecule has 0 saturated heterocycles. The quantitative estimate of drug-likeness (QED) is 0.844. The van der Waals surface area contributed by atoms with Crippen molar-refractivity contribution < 1.29 is 4.42 Å². The van der Waals surface area contributed by atoms with Crippen molar-refractivity contribution in [1.29, 1.82) is 0 Å². The average molecular weight is 217 g/mol. The topological polar surface area (TPSA) is 25.2 Å². The van der Waals surface area contributed by atoms with Crippen LogP contribution in [0, 0.1) is 5.92 Å². The molecule has 0 bridgehead atoms. The zero-order valence-electron chi connectivity index (χ0n) is 10.2. The van der Waals surface area contributed by atoms with Crippen LogP contribution in [0.3, 0.4) is 0 Å². The molecular weight excluding hydrogens is 198 g/mol. The zero-order chi connectivity index (χ0) is 11.5. The smallest absolute Gasteiger partial charge is 0.134 e. The number of rotatable bonds is 4. The third-order valence-electron chi connectivity index (χ3n) is 2.84. The first-order chi connectivity index (χ1) is 7.70. The molecule has 16 heavy (non-hydrogen) atoms. The molecule has 1 N–H and O–H groups in total. The molecule has 0 aliphatic heterocycles. The van der Waals surface area contributed by atoms with E-state index in [-0.39, 0.29) is 0 Å². The van der Waals surface area contributed by atoms with Gasteiger partial charge >= 0.3 is 0 Å². The van der Waals surface area contributed by atoms with E-state index in [0.29, 0.717) is 12.0 Å². The SMILES string of the molecule is CNC(CC(C)C)c1cc2ccccc2o1. The van der Waals surface area contributed by atoms with Gasteiger partial charge in [0.2, 0.25) is 0 Å². The minimum atomic E-state index is 0.312. The summed E-state index contributed by atoms with van der Waals surface area (Å²) in [4.78, 5) is 0. The molecule has 0 fully saturated rings. The normalized spacial score (nSPS) is 13.5. The van der Waals surface area contributed by atoms with Crippen LogP contribution in [0.1, 0.15) is 32.1 Å². The van der Waals surface area contributed by atoms with Gasteiger partial charge in [-0.3, -0.25) is 0 Å². The third-order valence-corrected chi connectivity index (χ3v) is 2.84. The first kappa shape index (κ1) is 11.2. The molecule has 2 heteroatoms. The van der Waals surface area contributed by atoms with E-state index in [1.165, 1.54) is 5.39 Å². The number of hydrogen-bond donors (Lipinski definition) is 1. The summed E-state index contributed by atoms with van der Waals surface area (Å²) in [5.74, 6) is 1.70. The van der Waals surface area contributed by atoms with E-state index in [2.05, 4.69) is 31.3 Å². The lowest BCUT2D eigenvalue weighted by atomic mass is 10.0. The Morgan fingerprint density at radius 1 is 1.25 bits per heavy atom. The molecule has 1 atom stereocenters. The highest BCUT2D eigenvalue weighted by atomic mass is 16.3. The fourth-order valence-electron chi connectivity index (χ4n) is 2.02. The third kappa shape index (κ3) is 2.27. The van der Waals surface area contributed by atoms with Crippen LogP contribution in [-0.4, -0.2) is 7.05 Å². The van der Waals surface area contributed by atoms with Crippen molar-refractivity contribution in [1.82, 2.24) is 5.32 Å². The van der Waals surface area contributed by atoms with Gasteiger partial charge in [0.05, 0.1) is 6.04 Å². The van der Waals surface area contributed by atoms with Crippen molar-refractivity contribution in [2.75, 3.05) is 7.05 Å². The van der Waals surface area contributed by atoms with Crippen molar-refractivity contribution in [3.63, 3.8) is 0 Å². The number of hydrogen-bond acceptors (Lipinski definition) is 2. The maximum Gasteiger partial charge on any atom is 0.134 e. The van der Waals surface area contributed by atoms with Crippen molar-refractivity contribution >= 4 is 11.0 Å². The summed E-state index contributed by atoms with van der Waals surface area (Å²) in [6, 6.07) is 10.6. The van der Waals surface area contributed by atoms with Gasteiger partial charge in [0.25, 0.3) is 0 Å². The van der Waals surface area contributed by atoms with E-state index >= 15 is 0 Å². The number of benzene rings is 1. The minimum absolute atomic E-state index is 0.312. The number of furan rings is 1. The van der Waals surface area contributed by atoms with Crippen molar-refractivity contribution in [3.05, 3.63) is 36.1 Å². The molecule has 2 rings (SSSR count). The van der Waals surface area contributed by atoms with Crippen molar-refractivity contribution in [2.45, 2.75) is 26.3 Å². The van der Waals surface area contributed by atoms with Gasteiger partial charge in [0.15, 0.2) is 0 Å². The summed E-state index contributed by atoms with van der Waals surface area (Å²) in [6.07, 6.45) is 1.09. The van der Waals surface area contributed by atoms with E-state index in [1.54, 1.807) is 0 Å². The van der Waals surface area contributed by atoms with Crippen LogP contribution < -0.4 is 5.32 Å². The van der Waals surface area contributed by atoms with Crippen LogP contribution in [0.15, 0.2) is 34.7 Å². The van der Waals surface area contributed by atoms with Crippen LogP contribution in [0.25, 0.3) is 11.0 Å². The summed E-state index contributed by atoms with van der Waals surface area (Å²) in [6.45, 7) is 4.46. The van der Waals surface area contributed by atoms with Gasteiger partial charge in [-0.25, -0.2) is 0 Å². The molecule has 1 heterocycles. The monoisotopic (exact) mass is 217 g/mol. The predicted octanol–water partition coefficient (Wildman–Crippen LogP) is 3.74. The van der Waals surface area contributed by atoms with Crippen LogP contribution in [0.4, 0.5) is 0 Å². The summed E-state index contributed by atoms with van der Waals surface area (Å²) >= 11 is 0. The number of nitrogens with one attached hydrogen (secondary N) is 1.